The lowest BCUT2D eigenvalue weighted by molar-refractivity contribution is 0.575. The van der Waals surface area contributed by atoms with Gasteiger partial charge in [-0.05, 0) is 5.59 Å². The number of hydrogen-bond acceptors (Lipinski definition) is 1. The highest BCUT2D eigenvalue weighted by molar-refractivity contribution is 6.62. The quantitative estimate of drug-likeness (QED) is 0.368. The fraction of sp³-hybridized carbons (Fsp3) is 0.444. The van der Waals surface area contributed by atoms with Gasteiger partial charge in [-0.1, -0.05) is 37.2 Å². The van der Waals surface area contributed by atoms with Crippen LogP contribution in [0.3, 0.4) is 0 Å². The summed E-state index contributed by atoms with van der Waals surface area (Å²) in [5, 5.41) is 0. The molecule has 5 heteroatoms. The van der Waals surface area contributed by atoms with Crippen LogP contribution in [-0.4, -0.2) is 36.4 Å². The van der Waals surface area contributed by atoms with Crippen molar-refractivity contribution in [2.75, 3.05) is 0 Å². The summed E-state index contributed by atoms with van der Waals surface area (Å²) in [6, 6.07) is 0. The Balaban J connectivity index is 3.49. The first kappa shape index (κ1) is 11.5. The van der Waals surface area contributed by atoms with Crippen molar-refractivity contribution in [2.24, 2.45) is 0 Å². The second-order valence-electron chi connectivity index (χ2n) is 5.17. The normalized spacial score (nSPS) is 11.6. The van der Waals surface area contributed by atoms with E-state index in [1.165, 1.54) is 22.1 Å². The predicted octanol–water partition coefficient (Wildman–Crippen LogP) is -4.59. The summed E-state index contributed by atoms with van der Waals surface area (Å²) in [5.41, 5.74) is 6.61. The van der Waals surface area contributed by atoms with E-state index in [9.17, 15) is 0 Å². The molecule has 0 fully saturated rings. The van der Waals surface area contributed by atoms with E-state index in [-0.39, 0.29) is 5.41 Å². The Hall–Kier alpha value is -0.590. The van der Waals surface area contributed by atoms with E-state index in [1.54, 1.807) is 0 Å². The van der Waals surface area contributed by atoms with Crippen LogP contribution < -0.4 is 22.0 Å². The lowest BCUT2D eigenvalue weighted by Gasteiger charge is -2.24. The van der Waals surface area contributed by atoms with Crippen LogP contribution in [-0.2, 0) is 5.41 Å². The number of rotatable bonds is 0. The van der Waals surface area contributed by atoms with Crippen LogP contribution in [0.15, 0.2) is 0 Å². The molecule has 0 aliphatic carbocycles. The minimum absolute atomic E-state index is 0.146. The van der Waals surface area contributed by atoms with Gasteiger partial charge in [0.2, 0.25) is 0 Å². The average molecular weight is 182 g/mol. The molecule has 1 aromatic heterocycles. The molecule has 0 atom stereocenters. The van der Waals surface area contributed by atoms with E-state index in [4.69, 9.17) is 4.98 Å². The van der Waals surface area contributed by atoms with Gasteiger partial charge in [0, 0.05) is 11.1 Å². The standard InChI is InChI=1S/C9H17B4N/c1-9(2,3)7-5(11)4(10)6(12)8(13)14-7/h10-13H2,1-3H3. The van der Waals surface area contributed by atoms with Crippen molar-refractivity contribution in [2.45, 2.75) is 26.2 Å². The summed E-state index contributed by atoms with van der Waals surface area (Å²) in [7, 11) is 8.61. The van der Waals surface area contributed by atoms with Gasteiger partial charge in [-0.3, -0.25) is 4.98 Å². The SMILES string of the molecule is Bc1nc(C(C)(C)C)c(B)c(B)c1B. The Morgan fingerprint density at radius 1 is 0.857 bits per heavy atom. The fourth-order valence-electron chi connectivity index (χ4n) is 1.80. The van der Waals surface area contributed by atoms with E-state index >= 15 is 0 Å². The second kappa shape index (κ2) is 3.52. The van der Waals surface area contributed by atoms with Gasteiger partial charge in [0.05, 0.1) is 0 Å². The molecule has 1 heterocycles. The molecule has 0 aliphatic rings. The topological polar surface area (TPSA) is 12.9 Å². The van der Waals surface area contributed by atoms with E-state index in [2.05, 4.69) is 52.2 Å². The molecule has 1 nitrogen and oxygen atoms in total. The molecule has 0 saturated heterocycles. The Morgan fingerprint density at radius 3 is 1.79 bits per heavy atom. The van der Waals surface area contributed by atoms with Gasteiger partial charge in [0.25, 0.3) is 0 Å². The smallest absolute Gasteiger partial charge is 0.163 e. The van der Waals surface area contributed by atoms with Gasteiger partial charge >= 0.3 is 0 Å². The van der Waals surface area contributed by atoms with Crippen molar-refractivity contribution in [1.29, 1.82) is 0 Å². The average Bonchev–Trinajstić information content (AvgIpc) is 2.06. The third kappa shape index (κ3) is 1.91. The molecule has 0 N–H and O–H groups in total. The zero-order valence-electron chi connectivity index (χ0n) is 10.4. The molecule has 0 bridgehead atoms. The molecule has 0 saturated carbocycles. The zero-order valence-corrected chi connectivity index (χ0v) is 10.4. The van der Waals surface area contributed by atoms with Gasteiger partial charge in [0.15, 0.2) is 7.85 Å². The van der Waals surface area contributed by atoms with Gasteiger partial charge in [-0.25, -0.2) is 0 Å². The summed E-state index contributed by atoms with van der Waals surface area (Å²) in [6.45, 7) is 6.66. The highest BCUT2D eigenvalue weighted by Crippen LogP contribution is 2.15. The Labute approximate surface area is 90.7 Å². The summed E-state index contributed by atoms with van der Waals surface area (Å²) in [6.07, 6.45) is 0. The van der Waals surface area contributed by atoms with E-state index in [0.717, 1.165) is 5.59 Å². The largest absolute Gasteiger partial charge is 0.269 e. The van der Waals surface area contributed by atoms with Crippen molar-refractivity contribution in [1.82, 2.24) is 4.98 Å². The molecular weight excluding hydrogens is 165 g/mol. The van der Waals surface area contributed by atoms with Gasteiger partial charge in [0.1, 0.15) is 23.5 Å². The second-order valence-corrected chi connectivity index (χ2v) is 5.17. The van der Waals surface area contributed by atoms with E-state index in [1.807, 2.05) is 0 Å². The monoisotopic (exact) mass is 183 g/mol. The van der Waals surface area contributed by atoms with Crippen molar-refractivity contribution in [3.8, 4) is 0 Å². The first-order valence-electron chi connectivity index (χ1n) is 5.20. The molecule has 14 heavy (non-hydrogen) atoms. The van der Waals surface area contributed by atoms with Gasteiger partial charge in [-0.15, -0.1) is 0 Å². The molecule has 0 aromatic carbocycles. The maximum Gasteiger partial charge on any atom is 0.163 e. The first-order valence-corrected chi connectivity index (χ1v) is 5.20. The molecule has 70 valence electrons. The van der Waals surface area contributed by atoms with Crippen LogP contribution in [0.25, 0.3) is 0 Å². The first-order chi connectivity index (χ1) is 6.25. The van der Waals surface area contributed by atoms with E-state index < -0.39 is 0 Å². The highest BCUT2D eigenvalue weighted by Gasteiger charge is 2.19. The Bertz CT molecular complexity index is 368. The van der Waals surface area contributed by atoms with Crippen molar-refractivity contribution >= 4 is 53.4 Å². The Kier molecular flexibility index (Phi) is 2.89. The molecule has 0 aliphatic heterocycles. The molecule has 0 spiro atoms. The highest BCUT2D eigenvalue weighted by atomic mass is 14.7. The predicted molar refractivity (Wildman–Crippen MR) is 75.6 cm³/mol. The van der Waals surface area contributed by atoms with Crippen LogP contribution >= 0.6 is 0 Å². The minimum Gasteiger partial charge on any atom is -0.269 e. The maximum absolute atomic E-state index is 4.70. The van der Waals surface area contributed by atoms with Crippen LogP contribution in [0, 0.1) is 0 Å². The van der Waals surface area contributed by atoms with Crippen molar-refractivity contribution in [3.05, 3.63) is 5.69 Å². The van der Waals surface area contributed by atoms with Gasteiger partial charge < -0.3 is 0 Å². The number of aromatic nitrogens is 1. The van der Waals surface area contributed by atoms with Crippen molar-refractivity contribution in [3.63, 3.8) is 0 Å². The Morgan fingerprint density at radius 2 is 1.36 bits per heavy atom. The molecule has 1 rings (SSSR count). The minimum atomic E-state index is 0.146. The third-order valence-corrected chi connectivity index (χ3v) is 3.01. The molecular formula is C9H17B4N. The van der Waals surface area contributed by atoms with Crippen LogP contribution in [0.2, 0.25) is 0 Å². The van der Waals surface area contributed by atoms with Gasteiger partial charge in [-0.2, -0.15) is 0 Å². The van der Waals surface area contributed by atoms with Crippen molar-refractivity contribution < 1.29 is 0 Å². The fourth-order valence-corrected chi connectivity index (χ4v) is 1.80. The number of hydrogen-bond donors (Lipinski definition) is 0. The summed E-state index contributed by atoms with van der Waals surface area (Å²) in [4.78, 5) is 4.70. The number of nitrogens with zero attached hydrogens (tertiary/aromatic N) is 1. The zero-order chi connectivity index (χ0) is 11.1. The summed E-state index contributed by atoms with van der Waals surface area (Å²) < 4.78 is 0. The molecule has 0 radical (unpaired) electrons. The lowest BCUT2D eigenvalue weighted by Crippen LogP contribution is -2.52. The third-order valence-electron chi connectivity index (χ3n) is 3.01. The molecule has 0 amide bonds. The maximum atomic E-state index is 4.70. The lowest BCUT2D eigenvalue weighted by atomic mass is 9.66. The summed E-state index contributed by atoms with van der Waals surface area (Å²) in [5.74, 6) is 0. The summed E-state index contributed by atoms with van der Waals surface area (Å²) >= 11 is 0. The van der Waals surface area contributed by atoms with E-state index in [0.29, 0.717) is 0 Å². The van der Waals surface area contributed by atoms with Crippen LogP contribution in [0.5, 0.6) is 0 Å². The molecule has 0 unspecified atom stereocenters. The number of pyridine rings is 1. The molecule has 1 aromatic rings. The van der Waals surface area contributed by atoms with Crippen LogP contribution in [0.4, 0.5) is 0 Å². The van der Waals surface area contributed by atoms with Crippen LogP contribution in [0.1, 0.15) is 26.5 Å².